The zero-order chi connectivity index (χ0) is 14.1. The first-order valence-electron chi connectivity index (χ1n) is 6.05. The van der Waals surface area contributed by atoms with Gasteiger partial charge >= 0.3 is 5.97 Å². The fourth-order valence-corrected chi connectivity index (χ4v) is 2.32. The molecule has 3 rings (SSSR count). The fourth-order valence-electron chi connectivity index (χ4n) is 1.96. The van der Waals surface area contributed by atoms with Gasteiger partial charge in [-0.2, -0.15) is 5.10 Å². The normalized spacial score (nSPS) is 10.7. The summed E-state index contributed by atoms with van der Waals surface area (Å²) in [6, 6.07) is 13.5. The first kappa shape index (κ1) is 13.1. The van der Waals surface area contributed by atoms with Crippen molar-refractivity contribution in [1.82, 2.24) is 9.78 Å². The highest BCUT2D eigenvalue weighted by Gasteiger charge is 2.05. The Morgan fingerprint density at radius 2 is 1.95 bits per heavy atom. The Hall–Kier alpha value is -1.89. The molecule has 5 heteroatoms. The molecule has 0 saturated carbocycles. The van der Waals surface area contributed by atoms with Crippen molar-refractivity contribution >= 4 is 39.5 Å². The maximum Gasteiger partial charge on any atom is 0.308 e. The lowest BCUT2D eigenvalue weighted by Crippen LogP contribution is -2.00. The lowest BCUT2D eigenvalue weighted by molar-refractivity contribution is -0.131. The number of nitrogens with zero attached hydrogens (tertiary/aromatic N) is 2. The topological polar surface area (TPSA) is 44.1 Å². The lowest BCUT2D eigenvalue weighted by Gasteiger charge is -1.99. The first-order chi connectivity index (χ1) is 9.61. The summed E-state index contributed by atoms with van der Waals surface area (Å²) in [6.45, 7) is 1.39. The van der Waals surface area contributed by atoms with Gasteiger partial charge < -0.3 is 4.74 Å². The number of carbonyl (C=O) groups is 1. The van der Waals surface area contributed by atoms with E-state index in [0.29, 0.717) is 5.75 Å². The summed E-state index contributed by atoms with van der Waals surface area (Å²) in [7, 11) is 0. The molecular weight excluding hydrogens is 367 g/mol. The summed E-state index contributed by atoms with van der Waals surface area (Å²) < 4.78 is 8.07. The largest absolute Gasteiger partial charge is 0.427 e. The van der Waals surface area contributed by atoms with Crippen LogP contribution < -0.4 is 4.74 Å². The van der Waals surface area contributed by atoms with Crippen LogP contribution >= 0.6 is 22.6 Å². The highest BCUT2D eigenvalue weighted by atomic mass is 127. The molecule has 4 nitrogen and oxygen atoms in total. The van der Waals surface area contributed by atoms with Gasteiger partial charge in [-0.1, -0.05) is 0 Å². The van der Waals surface area contributed by atoms with E-state index in [0.717, 1.165) is 16.6 Å². The number of esters is 1. The third-order valence-electron chi connectivity index (χ3n) is 2.83. The molecular formula is C15H11IN2O2. The number of hydrogen-bond donors (Lipinski definition) is 0. The van der Waals surface area contributed by atoms with E-state index in [1.165, 1.54) is 10.5 Å². The fraction of sp³-hybridized carbons (Fsp3) is 0.0667. The molecule has 100 valence electrons. The van der Waals surface area contributed by atoms with Crippen LogP contribution in [0.5, 0.6) is 5.75 Å². The molecule has 1 heterocycles. The third-order valence-corrected chi connectivity index (χ3v) is 3.55. The van der Waals surface area contributed by atoms with E-state index in [-0.39, 0.29) is 5.97 Å². The Balaban J connectivity index is 2.01. The quantitative estimate of drug-likeness (QED) is 0.389. The van der Waals surface area contributed by atoms with Crippen molar-refractivity contribution in [2.24, 2.45) is 0 Å². The maximum atomic E-state index is 11.0. The average molecular weight is 378 g/mol. The second-order valence-electron chi connectivity index (χ2n) is 4.36. The van der Waals surface area contributed by atoms with Gasteiger partial charge in [0.2, 0.25) is 0 Å². The van der Waals surface area contributed by atoms with Gasteiger partial charge in [0.05, 0.1) is 11.2 Å². The maximum absolute atomic E-state index is 11.0. The van der Waals surface area contributed by atoms with Gasteiger partial charge in [0, 0.05) is 22.1 Å². The zero-order valence-electron chi connectivity index (χ0n) is 10.7. The lowest BCUT2D eigenvalue weighted by atomic mass is 10.2. The highest BCUT2D eigenvalue weighted by Crippen LogP contribution is 2.22. The minimum Gasteiger partial charge on any atom is -0.427 e. The molecule has 0 N–H and O–H groups in total. The summed E-state index contributed by atoms with van der Waals surface area (Å²) in [5.74, 6) is 0.210. The summed E-state index contributed by atoms with van der Waals surface area (Å²) in [5.41, 5.74) is 1.86. The first-order valence-corrected chi connectivity index (χ1v) is 7.13. The molecule has 0 radical (unpaired) electrons. The smallest absolute Gasteiger partial charge is 0.308 e. The number of benzene rings is 2. The van der Waals surface area contributed by atoms with E-state index in [2.05, 4.69) is 27.7 Å². The predicted molar refractivity (Wildman–Crippen MR) is 85.1 cm³/mol. The average Bonchev–Trinajstić information content (AvgIpc) is 2.81. The van der Waals surface area contributed by atoms with E-state index in [4.69, 9.17) is 4.74 Å². The molecule has 0 aliphatic rings. The summed E-state index contributed by atoms with van der Waals surface area (Å²) in [4.78, 5) is 11.0. The van der Waals surface area contributed by atoms with Gasteiger partial charge in [0.1, 0.15) is 5.75 Å². The van der Waals surface area contributed by atoms with Gasteiger partial charge in [0.25, 0.3) is 0 Å². The van der Waals surface area contributed by atoms with Gasteiger partial charge in [-0.15, -0.1) is 0 Å². The number of carbonyl (C=O) groups excluding carboxylic acids is 1. The molecule has 0 unspecified atom stereocenters. The van der Waals surface area contributed by atoms with E-state index >= 15 is 0 Å². The predicted octanol–water partition coefficient (Wildman–Crippen LogP) is 3.56. The molecule has 0 aliphatic carbocycles. The Morgan fingerprint density at radius 1 is 1.20 bits per heavy atom. The Morgan fingerprint density at radius 3 is 2.65 bits per heavy atom. The zero-order valence-corrected chi connectivity index (χ0v) is 12.9. The number of aromatic nitrogens is 2. The van der Waals surface area contributed by atoms with E-state index < -0.39 is 0 Å². The molecule has 0 atom stereocenters. The van der Waals surface area contributed by atoms with Crippen LogP contribution in [-0.2, 0) is 4.79 Å². The van der Waals surface area contributed by atoms with E-state index in [9.17, 15) is 4.79 Å². The monoisotopic (exact) mass is 378 g/mol. The summed E-state index contributed by atoms with van der Waals surface area (Å²) in [6.07, 6.45) is 1.92. The van der Waals surface area contributed by atoms with Crippen molar-refractivity contribution in [3.8, 4) is 11.4 Å². The molecule has 0 spiro atoms. The SMILES string of the molecule is CC(=O)Oc1ccc2nn(-c3ccc(I)cc3)cc2c1. The second-order valence-corrected chi connectivity index (χ2v) is 5.61. The molecule has 0 saturated heterocycles. The van der Waals surface area contributed by atoms with Gasteiger partial charge in [-0.3, -0.25) is 4.79 Å². The molecule has 1 aromatic heterocycles. The van der Waals surface area contributed by atoms with Crippen LogP contribution in [0.2, 0.25) is 0 Å². The Labute approximate surface area is 129 Å². The number of halogens is 1. The van der Waals surface area contributed by atoms with Crippen LogP contribution in [0.4, 0.5) is 0 Å². The van der Waals surface area contributed by atoms with E-state index in [1.807, 2.05) is 47.3 Å². The minimum atomic E-state index is -0.325. The van der Waals surface area contributed by atoms with Crippen molar-refractivity contribution in [1.29, 1.82) is 0 Å². The molecule has 2 aromatic carbocycles. The molecule has 3 aromatic rings. The molecule has 0 aliphatic heterocycles. The molecule has 0 bridgehead atoms. The van der Waals surface area contributed by atoms with Crippen LogP contribution in [0.15, 0.2) is 48.7 Å². The highest BCUT2D eigenvalue weighted by molar-refractivity contribution is 14.1. The molecule has 0 fully saturated rings. The van der Waals surface area contributed by atoms with Crippen molar-refractivity contribution < 1.29 is 9.53 Å². The summed E-state index contributed by atoms with van der Waals surface area (Å²) >= 11 is 2.27. The van der Waals surface area contributed by atoms with Crippen LogP contribution in [0, 0.1) is 3.57 Å². The van der Waals surface area contributed by atoms with Gasteiger partial charge in [-0.25, -0.2) is 4.68 Å². The second kappa shape index (κ2) is 5.24. The number of fused-ring (bicyclic) bond motifs is 1. The van der Waals surface area contributed by atoms with Crippen molar-refractivity contribution in [2.75, 3.05) is 0 Å². The number of hydrogen-bond acceptors (Lipinski definition) is 3. The van der Waals surface area contributed by atoms with E-state index in [1.54, 1.807) is 6.07 Å². The minimum absolute atomic E-state index is 0.325. The van der Waals surface area contributed by atoms with Gasteiger partial charge in [-0.05, 0) is 65.1 Å². The number of rotatable bonds is 2. The van der Waals surface area contributed by atoms with Crippen molar-refractivity contribution in [3.05, 3.63) is 52.2 Å². The van der Waals surface area contributed by atoms with Crippen LogP contribution in [-0.4, -0.2) is 15.7 Å². The van der Waals surface area contributed by atoms with Crippen LogP contribution in [0.1, 0.15) is 6.92 Å². The number of ether oxygens (including phenoxy) is 1. The molecule has 20 heavy (non-hydrogen) atoms. The van der Waals surface area contributed by atoms with Crippen molar-refractivity contribution in [2.45, 2.75) is 6.92 Å². The van der Waals surface area contributed by atoms with Gasteiger partial charge in [0.15, 0.2) is 0 Å². The Bertz CT molecular complexity index is 778. The standard InChI is InChI=1S/C15H11IN2O2/c1-10(19)20-14-6-7-15-11(8-14)9-18(17-15)13-4-2-12(16)3-5-13/h2-9H,1H3. The third kappa shape index (κ3) is 2.67. The molecule has 0 amide bonds. The van der Waals surface area contributed by atoms with Crippen molar-refractivity contribution in [3.63, 3.8) is 0 Å². The summed E-state index contributed by atoms with van der Waals surface area (Å²) in [5, 5.41) is 5.44. The Kier molecular flexibility index (Phi) is 3.43. The van der Waals surface area contributed by atoms with Crippen LogP contribution in [0.25, 0.3) is 16.6 Å². The van der Waals surface area contributed by atoms with Crippen LogP contribution in [0.3, 0.4) is 0 Å².